The van der Waals surface area contributed by atoms with E-state index in [-0.39, 0.29) is 24.3 Å². The molecule has 0 saturated heterocycles. The lowest BCUT2D eigenvalue weighted by Gasteiger charge is -2.23. The lowest BCUT2D eigenvalue weighted by molar-refractivity contribution is -0.133. The first kappa shape index (κ1) is 15.3. The van der Waals surface area contributed by atoms with Crippen molar-refractivity contribution in [2.75, 3.05) is 19.6 Å². The van der Waals surface area contributed by atoms with E-state index in [1.54, 1.807) is 0 Å². The molecule has 0 aromatic carbocycles. The molecular weight excluding hydrogens is 254 g/mol. The number of nitrogens with two attached hydrogens (primary N) is 1. The predicted molar refractivity (Wildman–Crippen MR) is 77.9 cm³/mol. The number of hydrogen-bond donors (Lipinski definition) is 2. The van der Waals surface area contributed by atoms with E-state index in [2.05, 4.69) is 5.32 Å². The van der Waals surface area contributed by atoms with Gasteiger partial charge in [-0.2, -0.15) is 0 Å². The lowest BCUT2D eigenvalue weighted by Crippen LogP contribution is -2.48. The van der Waals surface area contributed by atoms with Gasteiger partial charge in [-0.15, -0.1) is 0 Å². The Morgan fingerprint density at radius 2 is 1.65 bits per heavy atom. The number of rotatable bonds is 8. The highest BCUT2D eigenvalue weighted by molar-refractivity contribution is 5.87. The van der Waals surface area contributed by atoms with Gasteiger partial charge in [0, 0.05) is 13.1 Å². The standard InChI is InChI=1S/C15H27N3O2/c1-10(2)14(16)15(20)17-7-13(19)18(8-11-3-4-11)9-12-5-6-12/h10-12,14H,3-9,16H2,1-2H3,(H,17,20)/t14-/m0/s1. The van der Waals surface area contributed by atoms with Gasteiger partial charge in [0.25, 0.3) is 0 Å². The molecule has 0 unspecified atom stereocenters. The molecular formula is C15H27N3O2. The summed E-state index contributed by atoms with van der Waals surface area (Å²) in [5.41, 5.74) is 5.77. The maximum Gasteiger partial charge on any atom is 0.241 e. The third-order valence-corrected chi connectivity index (χ3v) is 4.14. The predicted octanol–water partition coefficient (Wildman–Crippen LogP) is 0.735. The second-order valence-electron chi connectivity index (χ2n) is 6.67. The van der Waals surface area contributed by atoms with Crippen molar-refractivity contribution in [1.82, 2.24) is 10.2 Å². The molecule has 2 rings (SSSR count). The number of amides is 2. The molecule has 2 saturated carbocycles. The molecule has 114 valence electrons. The van der Waals surface area contributed by atoms with Crippen LogP contribution in [0.3, 0.4) is 0 Å². The fraction of sp³-hybridized carbons (Fsp3) is 0.867. The zero-order valence-corrected chi connectivity index (χ0v) is 12.6. The Morgan fingerprint density at radius 1 is 1.15 bits per heavy atom. The van der Waals surface area contributed by atoms with Gasteiger partial charge in [0.15, 0.2) is 0 Å². The number of nitrogens with zero attached hydrogens (tertiary/aromatic N) is 1. The summed E-state index contributed by atoms with van der Waals surface area (Å²) in [6.45, 7) is 5.61. The molecule has 3 N–H and O–H groups in total. The van der Waals surface area contributed by atoms with Crippen molar-refractivity contribution >= 4 is 11.8 Å². The van der Waals surface area contributed by atoms with Crippen molar-refractivity contribution in [2.24, 2.45) is 23.5 Å². The van der Waals surface area contributed by atoms with E-state index >= 15 is 0 Å². The van der Waals surface area contributed by atoms with Gasteiger partial charge < -0.3 is 16.0 Å². The Labute approximate surface area is 121 Å². The second-order valence-corrected chi connectivity index (χ2v) is 6.67. The van der Waals surface area contributed by atoms with E-state index in [1.165, 1.54) is 25.7 Å². The van der Waals surface area contributed by atoms with Gasteiger partial charge in [-0.1, -0.05) is 13.8 Å². The van der Waals surface area contributed by atoms with Gasteiger partial charge in [-0.25, -0.2) is 0 Å². The van der Waals surface area contributed by atoms with E-state index in [0.29, 0.717) is 11.8 Å². The minimum absolute atomic E-state index is 0.0353. The van der Waals surface area contributed by atoms with Gasteiger partial charge in [-0.05, 0) is 43.4 Å². The van der Waals surface area contributed by atoms with Gasteiger partial charge >= 0.3 is 0 Å². The van der Waals surface area contributed by atoms with Crippen molar-refractivity contribution in [1.29, 1.82) is 0 Å². The lowest BCUT2D eigenvalue weighted by atomic mass is 10.1. The fourth-order valence-electron chi connectivity index (χ4n) is 2.20. The van der Waals surface area contributed by atoms with E-state index in [1.807, 2.05) is 18.7 Å². The van der Waals surface area contributed by atoms with Crippen LogP contribution in [0, 0.1) is 17.8 Å². The van der Waals surface area contributed by atoms with Crippen LogP contribution in [0.25, 0.3) is 0 Å². The average Bonchev–Trinajstić information content (AvgIpc) is 3.28. The Hall–Kier alpha value is -1.10. The Balaban J connectivity index is 1.76. The van der Waals surface area contributed by atoms with Crippen LogP contribution in [0.15, 0.2) is 0 Å². The summed E-state index contributed by atoms with van der Waals surface area (Å²) in [4.78, 5) is 26.0. The highest BCUT2D eigenvalue weighted by Crippen LogP contribution is 2.33. The molecule has 0 radical (unpaired) electrons. The van der Waals surface area contributed by atoms with Crippen molar-refractivity contribution in [3.8, 4) is 0 Å². The first-order chi connectivity index (χ1) is 9.47. The smallest absolute Gasteiger partial charge is 0.241 e. The van der Waals surface area contributed by atoms with Crippen LogP contribution in [0.2, 0.25) is 0 Å². The minimum atomic E-state index is -0.539. The molecule has 0 aromatic rings. The molecule has 2 aliphatic carbocycles. The van der Waals surface area contributed by atoms with Crippen molar-refractivity contribution in [3.63, 3.8) is 0 Å². The Bertz CT molecular complexity index is 348. The molecule has 5 nitrogen and oxygen atoms in total. The summed E-state index contributed by atoms with van der Waals surface area (Å²) >= 11 is 0. The second kappa shape index (κ2) is 6.57. The third kappa shape index (κ3) is 4.78. The quantitative estimate of drug-likeness (QED) is 0.689. The minimum Gasteiger partial charge on any atom is -0.346 e. The van der Waals surface area contributed by atoms with Crippen LogP contribution in [-0.2, 0) is 9.59 Å². The summed E-state index contributed by atoms with van der Waals surface area (Å²) in [7, 11) is 0. The normalized spacial score (nSPS) is 19.8. The summed E-state index contributed by atoms with van der Waals surface area (Å²) in [5, 5.41) is 2.68. The van der Waals surface area contributed by atoms with Crippen LogP contribution in [-0.4, -0.2) is 42.4 Å². The van der Waals surface area contributed by atoms with Crippen molar-refractivity contribution in [2.45, 2.75) is 45.6 Å². The van der Waals surface area contributed by atoms with Crippen LogP contribution in [0.5, 0.6) is 0 Å². The van der Waals surface area contributed by atoms with Gasteiger partial charge in [0.2, 0.25) is 11.8 Å². The van der Waals surface area contributed by atoms with E-state index in [9.17, 15) is 9.59 Å². The number of carbonyl (C=O) groups is 2. The van der Waals surface area contributed by atoms with E-state index < -0.39 is 6.04 Å². The molecule has 2 aliphatic rings. The maximum absolute atomic E-state index is 12.2. The largest absolute Gasteiger partial charge is 0.346 e. The molecule has 0 heterocycles. The summed E-state index contributed by atoms with van der Waals surface area (Å²) < 4.78 is 0. The van der Waals surface area contributed by atoms with E-state index in [0.717, 1.165) is 13.1 Å². The molecule has 0 aromatic heterocycles. The van der Waals surface area contributed by atoms with Gasteiger partial charge in [0.1, 0.15) is 0 Å². The number of carbonyl (C=O) groups excluding carboxylic acids is 2. The van der Waals surface area contributed by atoms with Crippen molar-refractivity contribution in [3.05, 3.63) is 0 Å². The van der Waals surface area contributed by atoms with Crippen LogP contribution >= 0.6 is 0 Å². The molecule has 20 heavy (non-hydrogen) atoms. The van der Waals surface area contributed by atoms with E-state index in [4.69, 9.17) is 5.73 Å². The third-order valence-electron chi connectivity index (χ3n) is 4.14. The first-order valence-electron chi connectivity index (χ1n) is 7.78. The maximum atomic E-state index is 12.2. The zero-order chi connectivity index (χ0) is 14.7. The molecule has 2 fully saturated rings. The molecule has 5 heteroatoms. The Morgan fingerprint density at radius 3 is 2.05 bits per heavy atom. The molecule has 1 atom stereocenters. The molecule has 0 bridgehead atoms. The average molecular weight is 281 g/mol. The first-order valence-corrected chi connectivity index (χ1v) is 7.78. The monoisotopic (exact) mass is 281 g/mol. The summed E-state index contributed by atoms with van der Waals surface area (Å²) in [5.74, 6) is 1.26. The van der Waals surface area contributed by atoms with Gasteiger partial charge in [0.05, 0.1) is 12.6 Å². The van der Waals surface area contributed by atoms with Crippen molar-refractivity contribution < 1.29 is 9.59 Å². The number of nitrogens with one attached hydrogen (secondary N) is 1. The van der Waals surface area contributed by atoms with Crippen LogP contribution in [0.1, 0.15) is 39.5 Å². The molecule has 0 aliphatic heterocycles. The summed E-state index contributed by atoms with van der Waals surface area (Å²) in [6.07, 6.45) is 4.94. The summed E-state index contributed by atoms with van der Waals surface area (Å²) in [6, 6.07) is -0.539. The van der Waals surface area contributed by atoms with Crippen LogP contribution < -0.4 is 11.1 Å². The van der Waals surface area contributed by atoms with Gasteiger partial charge in [-0.3, -0.25) is 9.59 Å². The molecule has 2 amide bonds. The highest BCUT2D eigenvalue weighted by Gasteiger charge is 2.31. The number of hydrogen-bond acceptors (Lipinski definition) is 3. The topological polar surface area (TPSA) is 75.4 Å². The molecule has 0 spiro atoms. The zero-order valence-electron chi connectivity index (χ0n) is 12.6. The van der Waals surface area contributed by atoms with Crippen LogP contribution in [0.4, 0.5) is 0 Å². The highest BCUT2D eigenvalue weighted by atomic mass is 16.2. The SMILES string of the molecule is CC(C)[C@H](N)C(=O)NCC(=O)N(CC1CC1)CC1CC1. The Kier molecular flexibility index (Phi) is 5.02. The fourth-order valence-corrected chi connectivity index (χ4v) is 2.20.